The number of halogens is 1. The first-order valence-electron chi connectivity index (χ1n) is 6.79. The van der Waals surface area contributed by atoms with Crippen molar-refractivity contribution in [1.29, 1.82) is 0 Å². The number of alkyl halides is 1. The zero-order valence-corrected chi connectivity index (χ0v) is 13.8. The molecule has 2 unspecified atom stereocenters. The number of esters is 2. The molecule has 0 aliphatic carbocycles. The number of carbonyl (C=O) groups excluding carboxylic acids is 2. The van der Waals surface area contributed by atoms with E-state index in [0.717, 1.165) is 0 Å². The van der Waals surface area contributed by atoms with Crippen LogP contribution >= 0.6 is 23.4 Å². The Bertz CT molecular complexity index is 622. The number of ether oxygens (including phenoxy) is 2. The van der Waals surface area contributed by atoms with E-state index in [-0.39, 0.29) is 18.7 Å². The van der Waals surface area contributed by atoms with Crippen LogP contribution in [0.25, 0.3) is 0 Å². The topological polar surface area (TPSA) is 95.7 Å². The van der Waals surface area contributed by atoms with Crippen LogP contribution in [0.15, 0.2) is 24.3 Å². The first kappa shape index (κ1) is 17.6. The summed E-state index contributed by atoms with van der Waals surface area (Å²) in [6.07, 6.45) is 0.0502. The fourth-order valence-corrected chi connectivity index (χ4v) is 3.48. The van der Waals surface area contributed by atoms with Crippen molar-refractivity contribution in [2.24, 2.45) is 0 Å². The molecule has 1 aliphatic rings. The Balaban J connectivity index is 2.00. The lowest BCUT2D eigenvalue weighted by Crippen LogP contribution is -2.41. The maximum absolute atomic E-state index is 12.2. The molecule has 0 radical (unpaired) electrons. The molecule has 124 valence electrons. The van der Waals surface area contributed by atoms with Gasteiger partial charge in [0.2, 0.25) is 0 Å². The second kappa shape index (κ2) is 7.18. The summed E-state index contributed by atoms with van der Waals surface area (Å²) in [6.45, 7) is 1.76. The van der Waals surface area contributed by atoms with E-state index in [1.807, 2.05) is 6.92 Å². The van der Waals surface area contributed by atoms with E-state index in [1.165, 1.54) is 36.0 Å². The molecule has 0 saturated carbocycles. The molecule has 1 aliphatic heterocycles. The van der Waals surface area contributed by atoms with Gasteiger partial charge in [0.15, 0.2) is 0 Å². The van der Waals surface area contributed by atoms with Crippen LogP contribution < -0.4 is 0 Å². The number of nitro benzene ring substituents is 1. The lowest BCUT2D eigenvalue weighted by atomic mass is 10.2. The average Bonchev–Trinajstić information content (AvgIpc) is 2.81. The number of non-ortho nitro benzene ring substituents is 1. The monoisotopic (exact) mass is 359 g/mol. The molecule has 23 heavy (non-hydrogen) atoms. The third-order valence-corrected chi connectivity index (χ3v) is 5.05. The zero-order valence-electron chi connectivity index (χ0n) is 12.2. The summed E-state index contributed by atoms with van der Waals surface area (Å²) in [5.41, 5.74) is 0.506. The van der Waals surface area contributed by atoms with Crippen molar-refractivity contribution >= 4 is 41.0 Å². The molecule has 7 nitrogen and oxygen atoms in total. The fourth-order valence-electron chi connectivity index (χ4n) is 2.06. The van der Waals surface area contributed by atoms with Crippen LogP contribution in [0.3, 0.4) is 0 Å². The van der Waals surface area contributed by atoms with Crippen LogP contribution in [0.4, 0.5) is 5.69 Å². The number of benzene rings is 1. The van der Waals surface area contributed by atoms with Crippen LogP contribution in [-0.4, -0.2) is 32.9 Å². The average molecular weight is 360 g/mol. The molecule has 1 heterocycles. The van der Waals surface area contributed by atoms with Gasteiger partial charge in [-0.1, -0.05) is 18.5 Å². The zero-order chi connectivity index (χ0) is 17.0. The van der Waals surface area contributed by atoms with Crippen LogP contribution in [0.5, 0.6) is 0 Å². The van der Waals surface area contributed by atoms with Gasteiger partial charge >= 0.3 is 11.9 Å². The van der Waals surface area contributed by atoms with Gasteiger partial charge < -0.3 is 9.47 Å². The quantitative estimate of drug-likeness (QED) is 0.333. The normalized spacial score (nSPS) is 23.4. The molecule has 2 rings (SSSR count). The van der Waals surface area contributed by atoms with E-state index in [0.29, 0.717) is 11.3 Å². The molecule has 1 fully saturated rings. The van der Waals surface area contributed by atoms with Gasteiger partial charge in [0.25, 0.3) is 10.7 Å². The van der Waals surface area contributed by atoms with Crippen molar-refractivity contribution in [2.75, 3.05) is 5.75 Å². The number of rotatable bonds is 6. The first-order valence-corrected chi connectivity index (χ1v) is 8.22. The Labute approximate surface area is 141 Å². The van der Waals surface area contributed by atoms with Gasteiger partial charge in [-0.25, -0.2) is 4.79 Å². The minimum absolute atomic E-state index is 0.0502. The van der Waals surface area contributed by atoms with Crippen LogP contribution in [0, 0.1) is 10.1 Å². The molecule has 2 atom stereocenters. The molecule has 0 bridgehead atoms. The number of nitrogens with zero attached hydrogens (tertiary/aromatic N) is 1. The molecule has 1 aromatic rings. The molecule has 0 spiro atoms. The summed E-state index contributed by atoms with van der Waals surface area (Å²) >= 11 is 7.52. The number of thioether (sulfide) groups is 1. The minimum Gasteiger partial charge on any atom is -0.457 e. The molecule has 1 saturated heterocycles. The van der Waals surface area contributed by atoms with E-state index in [1.54, 1.807) is 0 Å². The molecule has 0 aromatic heterocycles. The summed E-state index contributed by atoms with van der Waals surface area (Å²) in [4.78, 5) is 33.7. The summed E-state index contributed by atoms with van der Waals surface area (Å²) in [5, 5.41) is 8.25. The van der Waals surface area contributed by atoms with Gasteiger partial charge in [-0.2, -0.15) is 11.8 Å². The fraction of sp³-hybridized carbons (Fsp3) is 0.429. The Hall–Kier alpha value is -1.80. The second-order valence-corrected chi connectivity index (χ2v) is 6.81. The van der Waals surface area contributed by atoms with E-state index in [4.69, 9.17) is 21.1 Å². The highest BCUT2D eigenvalue weighted by atomic mass is 35.5. The van der Waals surface area contributed by atoms with Gasteiger partial charge in [-0.15, -0.1) is 0 Å². The Morgan fingerprint density at radius 2 is 2.17 bits per heavy atom. The number of nitro groups is 1. The number of hydrogen-bond acceptors (Lipinski definition) is 7. The van der Waals surface area contributed by atoms with Crippen LogP contribution in [0.1, 0.15) is 18.9 Å². The molecule has 0 amide bonds. The molecular weight excluding hydrogens is 346 g/mol. The third kappa shape index (κ3) is 3.94. The van der Waals surface area contributed by atoms with E-state index in [9.17, 15) is 19.7 Å². The lowest BCUT2D eigenvalue weighted by Gasteiger charge is -2.23. The number of carbonyl (C=O) groups is 2. The molecule has 9 heteroatoms. The van der Waals surface area contributed by atoms with E-state index >= 15 is 0 Å². The van der Waals surface area contributed by atoms with E-state index in [2.05, 4.69) is 0 Å². The van der Waals surface area contributed by atoms with Crippen molar-refractivity contribution in [3.63, 3.8) is 0 Å². The number of cyclic esters (lactones) is 1. The molecule has 0 N–H and O–H groups in total. The van der Waals surface area contributed by atoms with Crippen LogP contribution in [-0.2, 0) is 25.7 Å². The molecule has 1 aromatic carbocycles. The Kier molecular flexibility index (Phi) is 5.48. The van der Waals surface area contributed by atoms with Crippen molar-refractivity contribution < 1.29 is 24.0 Å². The largest absolute Gasteiger partial charge is 0.457 e. The highest BCUT2D eigenvalue weighted by Crippen LogP contribution is 2.40. The first-order chi connectivity index (χ1) is 10.9. The summed E-state index contributed by atoms with van der Waals surface area (Å²) in [5.74, 6) is -0.710. The van der Waals surface area contributed by atoms with Crippen molar-refractivity contribution in [3.8, 4) is 0 Å². The lowest BCUT2D eigenvalue weighted by molar-refractivity contribution is -0.384. The van der Waals surface area contributed by atoms with Gasteiger partial charge in [-0.05, 0) is 23.4 Å². The maximum Gasteiger partial charge on any atom is 0.368 e. The summed E-state index contributed by atoms with van der Waals surface area (Å²) in [7, 11) is 0. The minimum atomic E-state index is -1.82. The third-order valence-electron chi connectivity index (χ3n) is 3.19. The summed E-state index contributed by atoms with van der Waals surface area (Å²) < 4.78 is 10.1. The van der Waals surface area contributed by atoms with Gasteiger partial charge in [0, 0.05) is 12.1 Å². The number of hydrogen-bond donors (Lipinski definition) is 0. The smallest absolute Gasteiger partial charge is 0.368 e. The maximum atomic E-state index is 12.2. The highest BCUT2D eigenvalue weighted by Gasteiger charge is 2.55. The molecular formula is C14H14ClNO6S. The summed E-state index contributed by atoms with van der Waals surface area (Å²) in [6, 6.07) is 5.58. The Morgan fingerprint density at radius 3 is 2.74 bits per heavy atom. The second-order valence-electron chi connectivity index (χ2n) is 4.77. The van der Waals surface area contributed by atoms with Gasteiger partial charge in [-0.3, -0.25) is 14.9 Å². The predicted octanol–water partition coefficient (Wildman–Crippen LogP) is 2.64. The van der Waals surface area contributed by atoms with Crippen molar-refractivity contribution in [3.05, 3.63) is 39.9 Å². The standard InChI is InChI=1S/C14H14ClNO6S/c1-2-23-11-7-12(17)22-14(11,15)13(18)21-8-9-3-5-10(6-4-9)16(19)20/h3-6,11H,2,7-8H2,1H3. The SMILES string of the molecule is CCSC1CC(=O)OC1(Cl)C(=O)OCc1ccc([N+](=O)[O-])cc1. The Morgan fingerprint density at radius 1 is 1.52 bits per heavy atom. The highest BCUT2D eigenvalue weighted by molar-refractivity contribution is 8.00. The van der Waals surface area contributed by atoms with Crippen molar-refractivity contribution in [2.45, 2.75) is 30.3 Å². The van der Waals surface area contributed by atoms with Crippen molar-refractivity contribution in [1.82, 2.24) is 0 Å². The predicted molar refractivity (Wildman–Crippen MR) is 84.1 cm³/mol. The van der Waals surface area contributed by atoms with Crippen LogP contribution in [0.2, 0.25) is 0 Å². The van der Waals surface area contributed by atoms with Gasteiger partial charge in [0.05, 0.1) is 16.6 Å². The van der Waals surface area contributed by atoms with E-state index < -0.39 is 27.2 Å². The van der Waals surface area contributed by atoms with Gasteiger partial charge in [0.1, 0.15) is 6.61 Å².